The van der Waals surface area contributed by atoms with Crippen molar-refractivity contribution in [1.29, 1.82) is 0 Å². The molecular formula is C12H16OS. The minimum Gasteiger partial charge on any atom is -0.392 e. The van der Waals surface area contributed by atoms with Gasteiger partial charge in [-0.2, -0.15) is 12.6 Å². The molecule has 2 heteroatoms. The highest BCUT2D eigenvalue weighted by atomic mass is 32.1. The number of aliphatic hydroxyl groups is 1. The van der Waals surface area contributed by atoms with E-state index >= 15 is 0 Å². The third-order valence-electron chi connectivity index (χ3n) is 1.34. The Bertz CT molecular complexity index is 254. The lowest BCUT2D eigenvalue weighted by atomic mass is 10.2. The molecule has 0 radical (unpaired) electrons. The van der Waals surface area contributed by atoms with E-state index < -0.39 is 0 Å². The van der Waals surface area contributed by atoms with Crippen LogP contribution in [0.3, 0.4) is 0 Å². The van der Waals surface area contributed by atoms with Crippen LogP contribution in [0.4, 0.5) is 0 Å². The van der Waals surface area contributed by atoms with E-state index in [0.717, 1.165) is 11.3 Å². The Kier molecular flexibility index (Phi) is 9.38. The molecule has 0 bridgehead atoms. The van der Waals surface area contributed by atoms with Crippen molar-refractivity contribution >= 4 is 18.7 Å². The topological polar surface area (TPSA) is 20.2 Å². The maximum Gasteiger partial charge on any atom is 0.0615 e. The van der Waals surface area contributed by atoms with Gasteiger partial charge in [-0.3, -0.25) is 0 Å². The molecule has 0 unspecified atom stereocenters. The molecule has 1 nitrogen and oxygen atoms in total. The van der Waals surface area contributed by atoms with E-state index in [0.29, 0.717) is 0 Å². The Morgan fingerprint density at radius 2 is 1.86 bits per heavy atom. The van der Waals surface area contributed by atoms with Crippen LogP contribution in [0.1, 0.15) is 5.56 Å². The quantitative estimate of drug-likeness (QED) is 0.578. The average molecular weight is 208 g/mol. The van der Waals surface area contributed by atoms with Gasteiger partial charge < -0.3 is 5.11 Å². The molecule has 0 aliphatic rings. The summed E-state index contributed by atoms with van der Waals surface area (Å²) in [5, 5.41) is 8.44. The van der Waals surface area contributed by atoms with Gasteiger partial charge in [0.2, 0.25) is 0 Å². The van der Waals surface area contributed by atoms with E-state index in [9.17, 15) is 0 Å². The average Bonchev–Trinajstić information content (AvgIpc) is 2.28. The van der Waals surface area contributed by atoms with Crippen LogP contribution >= 0.6 is 12.6 Å². The lowest BCUT2D eigenvalue weighted by Gasteiger charge is -1.88. The number of thiol groups is 1. The number of rotatable bonds is 3. The molecule has 0 aromatic heterocycles. The summed E-state index contributed by atoms with van der Waals surface area (Å²) in [5.74, 6) is 0.778. The molecule has 0 heterocycles. The molecule has 0 atom stereocenters. The SMILES string of the molecule is C=CCS.OC/C=C/c1ccccc1. The summed E-state index contributed by atoms with van der Waals surface area (Å²) < 4.78 is 0. The van der Waals surface area contributed by atoms with Gasteiger partial charge in [-0.1, -0.05) is 48.6 Å². The molecule has 0 aliphatic carbocycles. The monoisotopic (exact) mass is 208 g/mol. The minimum absolute atomic E-state index is 0.106. The summed E-state index contributed by atoms with van der Waals surface area (Å²) in [6.07, 6.45) is 5.35. The highest BCUT2D eigenvalue weighted by Gasteiger charge is 1.79. The molecule has 14 heavy (non-hydrogen) atoms. The molecule has 0 fully saturated rings. The Morgan fingerprint density at radius 3 is 2.29 bits per heavy atom. The van der Waals surface area contributed by atoms with Crippen molar-refractivity contribution in [2.75, 3.05) is 12.4 Å². The smallest absolute Gasteiger partial charge is 0.0615 e. The first-order valence-corrected chi connectivity index (χ1v) is 5.02. The van der Waals surface area contributed by atoms with E-state index in [4.69, 9.17) is 5.11 Å². The Hall–Kier alpha value is -0.990. The van der Waals surface area contributed by atoms with Crippen LogP contribution in [0.15, 0.2) is 49.1 Å². The summed E-state index contributed by atoms with van der Waals surface area (Å²) in [5.41, 5.74) is 1.12. The van der Waals surface area contributed by atoms with Crippen LogP contribution in [-0.2, 0) is 0 Å². The van der Waals surface area contributed by atoms with Crippen molar-refractivity contribution in [3.8, 4) is 0 Å². The third-order valence-corrected chi connectivity index (χ3v) is 1.60. The van der Waals surface area contributed by atoms with Gasteiger partial charge in [0.15, 0.2) is 0 Å². The van der Waals surface area contributed by atoms with Crippen molar-refractivity contribution in [3.63, 3.8) is 0 Å². The minimum atomic E-state index is 0.106. The lowest BCUT2D eigenvalue weighted by Crippen LogP contribution is -1.72. The predicted octanol–water partition coefficient (Wildman–Crippen LogP) is 2.79. The fraction of sp³-hybridized carbons (Fsp3) is 0.167. The second-order valence-corrected chi connectivity index (χ2v) is 2.83. The molecule has 0 saturated heterocycles. The Morgan fingerprint density at radius 1 is 1.29 bits per heavy atom. The molecule has 76 valence electrons. The standard InChI is InChI=1S/C9H10O.C3H6S/c10-8-4-7-9-5-2-1-3-6-9;1-2-3-4/h1-7,10H,8H2;2,4H,1,3H2/b7-4+;. The summed E-state index contributed by atoms with van der Waals surface area (Å²) >= 11 is 3.80. The van der Waals surface area contributed by atoms with Gasteiger partial charge in [-0.05, 0) is 5.56 Å². The van der Waals surface area contributed by atoms with Crippen LogP contribution < -0.4 is 0 Å². The number of hydrogen-bond donors (Lipinski definition) is 2. The zero-order chi connectivity index (χ0) is 10.6. The molecular weight excluding hydrogens is 192 g/mol. The van der Waals surface area contributed by atoms with Gasteiger partial charge in [0.05, 0.1) is 6.61 Å². The fourth-order valence-corrected chi connectivity index (χ4v) is 0.753. The normalized spacial score (nSPS) is 9.29. The largest absolute Gasteiger partial charge is 0.392 e. The van der Waals surface area contributed by atoms with Crippen molar-refractivity contribution in [2.45, 2.75) is 0 Å². The van der Waals surface area contributed by atoms with E-state index in [-0.39, 0.29) is 6.61 Å². The number of hydrogen-bond acceptors (Lipinski definition) is 2. The highest BCUT2D eigenvalue weighted by Crippen LogP contribution is 1.99. The molecule has 0 amide bonds. The summed E-state index contributed by atoms with van der Waals surface area (Å²) in [6.45, 7) is 3.51. The Labute approximate surface area is 91.2 Å². The van der Waals surface area contributed by atoms with Gasteiger partial charge in [0.25, 0.3) is 0 Å². The van der Waals surface area contributed by atoms with Gasteiger partial charge in [-0.15, -0.1) is 6.58 Å². The highest BCUT2D eigenvalue weighted by molar-refractivity contribution is 7.80. The number of aliphatic hydroxyl groups excluding tert-OH is 1. The summed E-state index contributed by atoms with van der Waals surface area (Å²) in [4.78, 5) is 0. The molecule has 1 aromatic carbocycles. The maximum atomic E-state index is 8.44. The van der Waals surface area contributed by atoms with E-state index in [1.807, 2.05) is 36.4 Å². The zero-order valence-electron chi connectivity index (χ0n) is 8.13. The molecule has 1 N–H and O–H groups in total. The van der Waals surface area contributed by atoms with Gasteiger partial charge >= 0.3 is 0 Å². The van der Waals surface area contributed by atoms with E-state index in [2.05, 4.69) is 19.2 Å². The van der Waals surface area contributed by atoms with E-state index in [1.54, 1.807) is 12.2 Å². The Balaban J connectivity index is 0.000000364. The number of benzene rings is 1. The third kappa shape index (κ3) is 7.65. The summed E-state index contributed by atoms with van der Waals surface area (Å²) in [7, 11) is 0. The van der Waals surface area contributed by atoms with Crippen molar-refractivity contribution in [1.82, 2.24) is 0 Å². The molecule has 0 saturated carbocycles. The predicted molar refractivity (Wildman–Crippen MR) is 66.6 cm³/mol. The summed E-state index contributed by atoms with van der Waals surface area (Å²) in [6, 6.07) is 9.89. The van der Waals surface area contributed by atoms with Crippen molar-refractivity contribution < 1.29 is 5.11 Å². The van der Waals surface area contributed by atoms with Crippen LogP contribution in [-0.4, -0.2) is 17.5 Å². The zero-order valence-corrected chi connectivity index (χ0v) is 9.03. The van der Waals surface area contributed by atoms with Crippen LogP contribution in [0, 0.1) is 0 Å². The van der Waals surface area contributed by atoms with Gasteiger partial charge in [-0.25, -0.2) is 0 Å². The molecule has 1 aromatic rings. The first kappa shape index (κ1) is 13.0. The van der Waals surface area contributed by atoms with Gasteiger partial charge in [0, 0.05) is 5.75 Å². The van der Waals surface area contributed by atoms with Gasteiger partial charge in [0.1, 0.15) is 0 Å². The van der Waals surface area contributed by atoms with Crippen LogP contribution in [0.25, 0.3) is 6.08 Å². The second kappa shape index (κ2) is 10.1. The van der Waals surface area contributed by atoms with Crippen molar-refractivity contribution in [3.05, 3.63) is 54.6 Å². The second-order valence-electron chi connectivity index (χ2n) is 2.47. The molecule has 0 spiro atoms. The van der Waals surface area contributed by atoms with Crippen LogP contribution in [0.2, 0.25) is 0 Å². The fourth-order valence-electron chi connectivity index (χ4n) is 0.753. The first-order chi connectivity index (χ1) is 6.85. The van der Waals surface area contributed by atoms with Crippen molar-refractivity contribution in [2.24, 2.45) is 0 Å². The maximum absolute atomic E-state index is 8.44. The lowest BCUT2D eigenvalue weighted by molar-refractivity contribution is 0.343. The molecule has 0 aliphatic heterocycles. The van der Waals surface area contributed by atoms with E-state index in [1.165, 1.54) is 0 Å². The first-order valence-electron chi connectivity index (χ1n) is 4.39. The molecule has 1 rings (SSSR count). The van der Waals surface area contributed by atoms with Crippen LogP contribution in [0.5, 0.6) is 0 Å².